The van der Waals surface area contributed by atoms with E-state index in [1.807, 2.05) is 13.0 Å². The number of hydrogen-bond donors (Lipinski definition) is 0. The highest BCUT2D eigenvalue weighted by Gasteiger charge is 2.25. The first-order valence-electron chi connectivity index (χ1n) is 8.58. The molecular weight excluding hydrogens is 352 g/mol. The first kappa shape index (κ1) is 20.0. The molecule has 140 valence electrons. The van der Waals surface area contributed by atoms with Crippen LogP contribution in [-0.4, -0.2) is 28.1 Å². The summed E-state index contributed by atoms with van der Waals surface area (Å²) in [6.45, 7) is 3.93. The van der Waals surface area contributed by atoms with Gasteiger partial charge >= 0.3 is 5.97 Å². The van der Waals surface area contributed by atoms with Crippen LogP contribution in [0.3, 0.4) is 0 Å². The number of ether oxygens (including phenoxy) is 2. The molecule has 0 atom stereocenters. The van der Waals surface area contributed by atoms with Gasteiger partial charge in [0.1, 0.15) is 11.3 Å². The van der Waals surface area contributed by atoms with E-state index in [9.17, 15) is 13.2 Å². The van der Waals surface area contributed by atoms with E-state index < -0.39 is 15.8 Å². The molecule has 2 aromatic carbocycles. The third-order valence-corrected chi connectivity index (χ3v) is 5.66. The molecule has 0 aliphatic heterocycles. The van der Waals surface area contributed by atoms with Gasteiger partial charge < -0.3 is 9.47 Å². The number of methoxy groups -OCH3 is 1. The van der Waals surface area contributed by atoms with Crippen LogP contribution in [0.1, 0.15) is 41.8 Å². The van der Waals surface area contributed by atoms with Crippen molar-refractivity contribution in [3.05, 3.63) is 59.2 Å². The number of sulfone groups is 1. The molecule has 0 radical (unpaired) electrons. The summed E-state index contributed by atoms with van der Waals surface area (Å²) in [6.07, 6.45) is 1.60. The topological polar surface area (TPSA) is 69.7 Å². The Morgan fingerprint density at radius 1 is 1.00 bits per heavy atom. The van der Waals surface area contributed by atoms with Crippen molar-refractivity contribution in [1.29, 1.82) is 0 Å². The van der Waals surface area contributed by atoms with E-state index in [0.29, 0.717) is 11.3 Å². The molecule has 0 fully saturated rings. The predicted molar refractivity (Wildman–Crippen MR) is 100 cm³/mol. The van der Waals surface area contributed by atoms with E-state index in [1.165, 1.54) is 7.11 Å². The number of esters is 1. The Morgan fingerprint density at radius 2 is 1.65 bits per heavy atom. The molecule has 2 rings (SSSR count). The van der Waals surface area contributed by atoms with Crippen LogP contribution >= 0.6 is 0 Å². The molecule has 0 aliphatic rings. The van der Waals surface area contributed by atoms with Gasteiger partial charge in [0.2, 0.25) is 0 Å². The molecule has 0 N–H and O–H groups in total. The Labute approximate surface area is 154 Å². The largest absolute Gasteiger partial charge is 0.496 e. The van der Waals surface area contributed by atoms with Crippen LogP contribution in [0.2, 0.25) is 0 Å². The van der Waals surface area contributed by atoms with Crippen LogP contribution in [0.4, 0.5) is 0 Å². The lowest BCUT2D eigenvalue weighted by atomic mass is 10.00. The fourth-order valence-electron chi connectivity index (χ4n) is 2.83. The summed E-state index contributed by atoms with van der Waals surface area (Å²) in [5.41, 5.74) is 1.43. The molecular formula is C20H24O5S. The lowest BCUT2D eigenvalue weighted by Crippen LogP contribution is -2.15. The first-order chi connectivity index (χ1) is 12.4. The maximum absolute atomic E-state index is 12.8. The van der Waals surface area contributed by atoms with Crippen LogP contribution in [0.25, 0.3) is 0 Å². The lowest BCUT2D eigenvalue weighted by Gasteiger charge is -2.17. The van der Waals surface area contributed by atoms with Crippen LogP contribution < -0.4 is 4.74 Å². The van der Waals surface area contributed by atoms with E-state index >= 15 is 0 Å². The van der Waals surface area contributed by atoms with Crippen LogP contribution in [0.5, 0.6) is 5.75 Å². The van der Waals surface area contributed by atoms with Crippen LogP contribution in [0.15, 0.2) is 47.4 Å². The Hall–Kier alpha value is -2.34. The van der Waals surface area contributed by atoms with E-state index in [0.717, 1.165) is 18.4 Å². The minimum Gasteiger partial charge on any atom is -0.496 e. The molecule has 5 nitrogen and oxygen atoms in total. The fraction of sp³-hybridized carbons (Fsp3) is 0.350. The summed E-state index contributed by atoms with van der Waals surface area (Å²) in [7, 11) is -2.12. The molecule has 0 spiro atoms. The minimum absolute atomic E-state index is 0.194. The lowest BCUT2D eigenvalue weighted by molar-refractivity contribution is 0.0521. The fourth-order valence-corrected chi connectivity index (χ4v) is 4.22. The van der Waals surface area contributed by atoms with Gasteiger partial charge in [-0.25, -0.2) is 13.2 Å². The number of carbonyl (C=O) groups is 1. The second-order valence-electron chi connectivity index (χ2n) is 5.83. The molecule has 0 bridgehead atoms. The number of benzene rings is 2. The number of hydrogen-bond acceptors (Lipinski definition) is 5. The summed E-state index contributed by atoms with van der Waals surface area (Å²) in [4.78, 5) is 12.7. The first-order valence-corrected chi connectivity index (χ1v) is 10.2. The molecule has 26 heavy (non-hydrogen) atoms. The number of carbonyl (C=O) groups excluding carboxylic acids is 1. The van der Waals surface area contributed by atoms with Crippen molar-refractivity contribution < 1.29 is 22.7 Å². The smallest absolute Gasteiger partial charge is 0.342 e. The van der Waals surface area contributed by atoms with Crippen molar-refractivity contribution in [2.24, 2.45) is 0 Å². The molecule has 0 saturated heterocycles. The second-order valence-corrected chi connectivity index (χ2v) is 7.82. The SMILES string of the molecule is CCCc1ccc(CS(=O)(=O)c2ccccc2)c(C(=O)OCC)c1OC. The van der Waals surface area contributed by atoms with E-state index in [2.05, 4.69) is 0 Å². The third kappa shape index (κ3) is 4.43. The zero-order chi connectivity index (χ0) is 19.2. The van der Waals surface area contributed by atoms with Crippen molar-refractivity contribution in [2.45, 2.75) is 37.3 Å². The van der Waals surface area contributed by atoms with Crippen molar-refractivity contribution in [2.75, 3.05) is 13.7 Å². The molecule has 0 heterocycles. The zero-order valence-corrected chi connectivity index (χ0v) is 16.1. The Kier molecular flexibility index (Phi) is 6.80. The summed E-state index contributed by atoms with van der Waals surface area (Å²) in [6, 6.07) is 11.7. The molecule has 0 aromatic heterocycles. The van der Waals surface area contributed by atoms with Gasteiger partial charge in [-0.15, -0.1) is 0 Å². The van der Waals surface area contributed by atoms with Gasteiger partial charge in [0.15, 0.2) is 9.84 Å². The Balaban J connectivity index is 2.55. The maximum atomic E-state index is 12.8. The minimum atomic E-state index is -3.60. The predicted octanol–water partition coefficient (Wildman–Crippen LogP) is 3.80. The standard InChI is InChI=1S/C20H24O5S/c1-4-9-15-12-13-16(18(19(15)24-3)20(21)25-5-2)14-26(22,23)17-10-7-6-8-11-17/h6-8,10-13H,4-5,9,14H2,1-3H3. The van der Waals surface area contributed by atoms with Gasteiger partial charge in [0.05, 0.1) is 24.4 Å². The van der Waals surface area contributed by atoms with E-state index in [4.69, 9.17) is 9.47 Å². The Bertz CT molecular complexity index is 857. The van der Waals surface area contributed by atoms with Gasteiger partial charge in [-0.2, -0.15) is 0 Å². The molecule has 0 aliphatic carbocycles. The monoisotopic (exact) mass is 376 g/mol. The van der Waals surface area contributed by atoms with Gasteiger partial charge in [0.25, 0.3) is 0 Å². The molecule has 0 unspecified atom stereocenters. The van der Waals surface area contributed by atoms with Crippen molar-refractivity contribution in [1.82, 2.24) is 0 Å². The second kappa shape index (κ2) is 8.85. The molecule has 0 amide bonds. The summed E-state index contributed by atoms with van der Waals surface area (Å²) >= 11 is 0. The summed E-state index contributed by atoms with van der Waals surface area (Å²) in [5, 5.41) is 0. The maximum Gasteiger partial charge on any atom is 0.342 e. The van der Waals surface area contributed by atoms with Gasteiger partial charge in [-0.05, 0) is 36.6 Å². The summed E-state index contributed by atoms with van der Waals surface area (Å²) in [5.74, 6) is -0.472. The van der Waals surface area contributed by atoms with Crippen LogP contribution in [0, 0.1) is 0 Å². The molecule has 0 saturated carbocycles. The van der Waals surface area contributed by atoms with Crippen LogP contribution in [-0.2, 0) is 26.7 Å². The van der Waals surface area contributed by atoms with Crippen molar-refractivity contribution in [3.63, 3.8) is 0 Å². The van der Waals surface area contributed by atoms with Gasteiger partial charge in [-0.3, -0.25) is 0 Å². The normalized spacial score (nSPS) is 11.2. The average Bonchev–Trinajstić information content (AvgIpc) is 2.63. The summed E-state index contributed by atoms with van der Waals surface area (Å²) < 4.78 is 36.1. The van der Waals surface area contributed by atoms with Gasteiger partial charge in [-0.1, -0.05) is 43.7 Å². The highest BCUT2D eigenvalue weighted by atomic mass is 32.2. The quantitative estimate of drug-likeness (QED) is 0.656. The highest BCUT2D eigenvalue weighted by Crippen LogP contribution is 2.31. The van der Waals surface area contributed by atoms with E-state index in [-0.39, 0.29) is 22.8 Å². The van der Waals surface area contributed by atoms with Gasteiger partial charge in [0, 0.05) is 0 Å². The van der Waals surface area contributed by atoms with Crippen molar-refractivity contribution >= 4 is 15.8 Å². The number of aryl methyl sites for hydroxylation is 1. The third-order valence-electron chi connectivity index (χ3n) is 3.98. The average molecular weight is 376 g/mol. The number of rotatable bonds is 8. The van der Waals surface area contributed by atoms with E-state index in [1.54, 1.807) is 43.3 Å². The molecule has 6 heteroatoms. The Morgan fingerprint density at radius 3 is 2.23 bits per heavy atom. The zero-order valence-electron chi connectivity index (χ0n) is 15.3. The highest BCUT2D eigenvalue weighted by molar-refractivity contribution is 7.90. The van der Waals surface area contributed by atoms with Crippen molar-refractivity contribution in [3.8, 4) is 5.75 Å². The molecule has 2 aromatic rings.